The summed E-state index contributed by atoms with van der Waals surface area (Å²) >= 11 is 4.94. The lowest BCUT2D eigenvalue weighted by molar-refractivity contribution is 0.0970. The Morgan fingerprint density at radius 1 is 1.41 bits per heavy atom. The van der Waals surface area contributed by atoms with E-state index < -0.39 is 0 Å². The number of nitrogens with zero attached hydrogens (tertiary/aromatic N) is 1. The highest BCUT2D eigenvalue weighted by molar-refractivity contribution is 9.11. The van der Waals surface area contributed by atoms with Crippen molar-refractivity contribution in [2.45, 2.75) is 19.8 Å². The monoisotopic (exact) mass is 309 g/mol. The molecule has 2 heterocycles. The molecular formula is C13H12BrNOS. The van der Waals surface area contributed by atoms with Gasteiger partial charge < -0.3 is 0 Å². The van der Waals surface area contributed by atoms with Gasteiger partial charge in [0, 0.05) is 18.3 Å². The topological polar surface area (TPSA) is 30.0 Å². The predicted molar refractivity (Wildman–Crippen MR) is 73.7 cm³/mol. The molecule has 0 amide bonds. The maximum atomic E-state index is 12.3. The van der Waals surface area contributed by atoms with Crippen LogP contribution < -0.4 is 0 Å². The molecule has 0 aliphatic carbocycles. The molecule has 17 heavy (non-hydrogen) atoms. The zero-order valence-corrected chi connectivity index (χ0v) is 12.0. The number of halogens is 1. The summed E-state index contributed by atoms with van der Waals surface area (Å²) in [6, 6.07) is 5.71. The lowest BCUT2D eigenvalue weighted by Gasteiger charge is -2.08. The third-order valence-corrected chi connectivity index (χ3v) is 4.85. The number of aryl methyl sites for hydroxylation is 1. The Bertz CT molecular complexity index is 516. The molecule has 2 aromatic rings. The minimum atomic E-state index is -0.122. The summed E-state index contributed by atoms with van der Waals surface area (Å²) in [5, 5.41) is 0. The first kappa shape index (κ1) is 12.5. The van der Waals surface area contributed by atoms with Crippen LogP contribution in [0.15, 0.2) is 34.4 Å². The number of aromatic nitrogens is 1. The van der Waals surface area contributed by atoms with Crippen LogP contribution in [0.4, 0.5) is 0 Å². The van der Waals surface area contributed by atoms with E-state index >= 15 is 0 Å². The number of pyridine rings is 1. The molecule has 0 aliphatic rings. The minimum Gasteiger partial charge on any atom is -0.293 e. The van der Waals surface area contributed by atoms with Gasteiger partial charge in [-0.3, -0.25) is 9.78 Å². The SMILES string of the molecule is Cc1cc(C(=O)C(C)c2ccncc2)sc1Br. The lowest BCUT2D eigenvalue weighted by atomic mass is 9.97. The molecule has 2 rings (SSSR count). The fraction of sp³-hybridized carbons (Fsp3) is 0.231. The van der Waals surface area contributed by atoms with Crippen molar-refractivity contribution in [1.29, 1.82) is 0 Å². The lowest BCUT2D eigenvalue weighted by Crippen LogP contribution is -2.07. The van der Waals surface area contributed by atoms with Gasteiger partial charge in [0.1, 0.15) is 0 Å². The van der Waals surface area contributed by atoms with Gasteiger partial charge in [-0.05, 0) is 52.2 Å². The highest BCUT2D eigenvalue weighted by Crippen LogP contribution is 2.31. The highest BCUT2D eigenvalue weighted by Gasteiger charge is 2.19. The molecule has 0 saturated carbocycles. The van der Waals surface area contributed by atoms with Crippen LogP contribution in [0.1, 0.15) is 33.6 Å². The molecule has 1 unspecified atom stereocenters. The fourth-order valence-electron chi connectivity index (χ4n) is 1.60. The highest BCUT2D eigenvalue weighted by atomic mass is 79.9. The summed E-state index contributed by atoms with van der Waals surface area (Å²) in [6.07, 6.45) is 3.43. The van der Waals surface area contributed by atoms with Crippen LogP contribution in [0.2, 0.25) is 0 Å². The first-order valence-electron chi connectivity index (χ1n) is 5.29. The van der Waals surface area contributed by atoms with Crippen molar-refractivity contribution < 1.29 is 4.79 Å². The summed E-state index contributed by atoms with van der Waals surface area (Å²) in [5.41, 5.74) is 2.12. The van der Waals surface area contributed by atoms with Crippen LogP contribution in [-0.2, 0) is 0 Å². The van der Waals surface area contributed by atoms with Crippen LogP contribution >= 0.6 is 27.3 Å². The van der Waals surface area contributed by atoms with Crippen LogP contribution in [0.3, 0.4) is 0 Å². The molecule has 0 saturated heterocycles. The van der Waals surface area contributed by atoms with E-state index in [0.29, 0.717) is 0 Å². The van der Waals surface area contributed by atoms with Crippen molar-refractivity contribution in [3.05, 3.63) is 50.4 Å². The second-order valence-corrected chi connectivity index (χ2v) is 6.30. The second kappa shape index (κ2) is 5.10. The zero-order valence-electron chi connectivity index (χ0n) is 9.61. The summed E-state index contributed by atoms with van der Waals surface area (Å²) in [4.78, 5) is 17.0. The van der Waals surface area contributed by atoms with Gasteiger partial charge in [-0.15, -0.1) is 11.3 Å². The van der Waals surface area contributed by atoms with Crippen molar-refractivity contribution in [2.75, 3.05) is 0 Å². The molecule has 0 spiro atoms. The summed E-state index contributed by atoms with van der Waals surface area (Å²) in [5.74, 6) is 0.0398. The van der Waals surface area contributed by atoms with Gasteiger partial charge in [0.05, 0.1) is 8.66 Å². The van der Waals surface area contributed by atoms with Crippen LogP contribution in [0.5, 0.6) is 0 Å². The van der Waals surface area contributed by atoms with E-state index in [1.807, 2.05) is 32.0 Å². The van der Waals surface area contributed by atoms with Gasteiger partial charge in [0.25, 0.3) is 0 Å². The van der Waals surface area contributed by atoms with E-state index in [9.17, 15) is 4.79 Å². The molecule has 0 aromatic carbocycles. The Hall–Kier alpha value is -1.00. The van der Waals surface area contributed by atoms with Crippen LogP contribution in [-0.4, -0.2) is 10.8 Å². The van der Waals surface area contributed by atoms with Gasteiger partial charge >= 0.3 is 0 Å². The zero-order chi connectivity index (χ0) is 12.4. The number of thiophene rings is 1. The largest absolute Gasteiger partial charge is 0.293 e. The summed E-state index contributed by atoms with van der Waals surface area (Å²) in [7, 11) is 0. The van der Waals surface area contributed by atoms with Crippen molar-refractivity contribution in [2.24, 2.45) is 0 Å². The van der Waals surface area contributed by atoms with E-state index in [1.165, 1.54) is 11.3 Å². The van der Waals surface area contributed by atoms with Crippen LogP contribution in [0, 0.1) is 6.92 Å². The van der Waals surface area contributed by atoms with Gasteiger partial charge in [-0.25, -0.2) is 0 Å². The predicted octanol–water partition coefficient (Wildman–Crippen LogP) is 4.20. The second-order valence-electron chi connectivity index (χ2n) is 3.93. The molecule has 0 bridgehead atoms. The standard InChI is InChI=1S/C13H12BrNOS/c1-8-7-11(17-13(8)14)12(16)9(2)10-3-5-15-6-4-10/h3-7,9H,1-2H3. The van der Waals surface area contributed by atoms with E-state index in [0.717, 1.165) is 19.8 Å². The Morgan fingerprint density at radius 2 is 2.06 bits per heavy atom. The number of carbonyl (C=O) groups is 1. The summed E-state index contributed by atoms with van der Waals surface area (Å²) in [6.45, 7) is 3.93. The first-order valence-corrected chi connectivity index (χ1v) is 6.90. The van der Waals surface area contributed by atoms with Gasteiger partial charge in [-0.1, -0.05) is 6.92 Å². The quantitative estimate of drug-likeness (QED) is 0.795. The number of hydrogen-bond acceptors (Lipinski definition) is 3. The molecule has 0 N–H and O–H groups in total. The normalized spacial score (nSPS) is 12.4. The van der Waals surface area contributed by atoms with Gasteiger partial charge in [0.2, 0.25) is 0 Å². The third kappa shape index (κ3) is 2.64. The van der Waals surface area contributed by atoms with E-state index in [1.54, 1.807) is 12.4 Å². The van der Waals surface area contributed by atoms with E-state index in [2.05, 4.69) is 20.9 Å². The molecule has 0 fully saturated rings. The van der Waals surface area contributed by atoms with Gasteiger partial charge in [-0.2, -0.15) is 0 Å². The summed E-state index contributed by atoms with van der Waals surface area (Å²) < 4.78 is 1.03. The maximum Gasteiger partial charge on any atom is 0.179 e. The van der Waals surface area contributed by atoms with Crippen molar-refractivity contribution in [3.63, 3.8) is 0 Å². The number of hydrogen-bond donors (Lipinski definition) is 0. The van der Waals surface area contributed by atoms with E-state index in [-0.39, 0.29) is 11.7 Å². The third-order valence-electron chi connectivity index (χ3n) is 2.70. The van der Waals surface area contributed by atoms with Crippen molar-refractivity contribution in [1.82, 2.24) is 4.98 Å². The van der Waals surface area contributed by atoms with Gasteiger partial charge in [0.15, 0.2) is 5.78 Å². The molecule has 0 aliphatic heterocycles. The average Bonchev–Trinajstić information content (AvgIpc) is 2.69. The molecule has 2 aromatic heterocycles. The van der Waals surface area contributed by atoms with Crippen molar-refractivity contribution in [3.8, 4) is 0 Å². The molecule has 88 valence electrons. The van der Waals surface area contributed by atoms with E-state index in [4.69, 9.17) is 0 Å². The smallest absolute Gasteiger partial charge is 0.179 e. The Morgan fingerprint density at radius 3 is 2.59 bits per heavy atom. The first-order chi connectivity index (χ1) is 8.09. The molecule has 4 heteroatoms. The number of carbonyl (C=O) groups excluding carboxylic acids is 1. The molecule has 2 nitrogen and oxygen atoms in total. The average molecular weight is 310 g/mol. The number of ketones is 1. The van der Waals surface area contributed by atoms with Crippen LogP contribution in [0.25, 0.3) is 0 Å². The minimum absolute atomic E-state index is 0.122. The molecular weight excluding hydrogens is 298 g/mol. The Kier molecular flexibility index (Phi) is 3.74. The fourth-order valence-corrected chi connectivity index (χ4v) is 3.16. The molecule has 0 radical (unpaired) electrons. The molecule has 1 atom stereocenters. The number of Topliss-reactive ketones (excluding diaryl/α,β-unsaturated/α-hetero) is 1. The Balaban J connectivity index is 2.26. The maximum absolute atomic E-state index is 12.3. The van der Waals surface area contributed by atoms with Crippen molar-refractivity contribution >= 4 is 33.0 Å². The number of rotatable bonds is 3. The Labute approximate surface area is 113 Å².